The maximum atomic E-state index is 13.8. The summed E-state index contributed by atoms with van der Waals surface area (Å²) >= 11 is 0. The van der Waals surface area contributed by atoms with Gasteiger partial charge in [0, 0.05) is 41.7 Å². The summed E-state index contributed by atoms with van der Waals surface area (Å²) in [6.45, 7) is 9.56. The molecule has 3 aromatic rings. The predicted octanol–water partition coefficient (Wildman–Crippen LogP) is 4.27. The Hall–Kier alpha value is -5.23. The summed E-state index contributed by atoms with van der Waals surface area (Å²) in [6.07, 6.45) is 7.56. The van der Waals surface area contributed by atoms with Crippen molar-refractivity contribution in [3.8, 4) is 0 Å². The summed E-state index contributed by atoms with van der Waals surface area (Å²) in [7, 11) is 5.13. The molecule has 54 heavy (non-hydrogen) atoms. The lowest BCUT2D eigenvalue weighted by Gasteiger charge is -2.30. The van der Waals surface area contributed by atoms with E-state index in [2.05, 4.69) is 20.9 Å². The Kier molecular flexibility index (Phi) is 14.8. The van der Waals surface area contributed by atoms with Crippen LogP contribution in [0.3, 0.4) is 0 Å². The summed E-state index contributed by atoms with van der Waals surface area (Å²) in [5, 5.41) is 9.76. The number of likely N-dealkylation sites (N-methyl/N-ethyl adjacent to an activating group) is 1. The molecule has 4 N–H and O–H groups in total. The highest BCUT2D eigenvalue weighted by atomic mass is 16.5. The molecule has 1 aliphatic rings. The molecule has 2 aromatic carbocycles. The number of hydrogen-bond donors (Lipinski definition) is 4. The minimum Gasteiger partial charge on any atom is -0.499 e. The Morgan fingerprint density at radius 3 is 2.19 bits per heavy atom. The smallest absolute Gasteiger partial charge is 0.257 e. The molecule has 0 unspecified atom stereocenters. The molecule has 12 heteroatoms. The number of para-hydroxylation sites is 1. The standard InChI is InChI=1S/C42H56N6O6/c1-26(2)22-34(46-42(53)39(27(3)4)47(6)7)41(52)45-33(20-19-29-14-10-9-11-15-29)40(51)44-28(5)18-21-37(49)48-35(36(54-8)24-38(48)50)23-30-25-43-32-17-13-12-16-31(30)32/h9-18,21,24-28,33-35,39,43H,19-20,22-23H2,1-8H3,(H,44,51)(H,45,52)(H,46,53)/b21-18+/t28-,33-,34-,35-,39-/m0/s1. The number of methoxy groups -OCH3 is 1. The van der Waals surface area contributed by atoms with Gasteiger partial charge in [0.25, 0.3) is 11.8 Å². The molecule has 0 aliphatic carbocycles. The Balaban J connectivity index is 1.47. The number of carbonyl (C=O) groups is 5. The number of benzene rings is 2. The van der Waals surface area contributed by atoms with Crippen LogP contribution in [0.15, 0.2) is 84.8 Å². The zero-order valence-electron chi connectivity index (χ0n) is 32.7. The van der Waals surface area contributed by atoms with E-state index in [-0.39, 0.29) is 17.7 Å². The number of fused-ring (bicyclic) bond motifs is 1. The maximum absolute atomic E-state index is 13.8. The van der Waals surface area contributed by atoms with Crippen molar-refractivity contribution in [3.05, 3.63) is 95.9 Å². The number of rotatable bonds is 18. The summed E-state index contributed by atoms with van der Waals surface area (Å²) in [6, 6.07) is 14.0. The molecule has 1 aromatic heterocycles. The van der Waals surface area contributed by atoms with Crippen molar-refractivity contribution in [3.63, 3.8) is 0 Å². The van der Waals surface area contributed by atoms with Gasteiger partial charge in [-0.1, -0.05) is 82.3 Å². The number of H-pyrrole nitrogens is 1. The third-order valence-corrected chi connectivity index (χ3v) is 9.60. The number of nitrogens with zero attached hydrogens (tertiary/aromatic N) is 2. The van der Waals surface area contributed by atoms with E-state index in [1.807, 2.05) is 107 Å². The average Bonchev–Trinajstić information content (AvgIpc) is 3.68. The molecule has 0 saturated heterocycles. The molecule has 0 radical (unpaired) electrons. The quantitative estimate of drug-likeness (QED) is 0.142. The van der Waals surface area contributed by atoms with Gasteiger partial charge in [-0.15, -0.1) is 0 Å². The summed E-state index contributed by atoms with van der Waals surface area (Å²) in [5.41, 5.74) is 2.89. The van der Waals surface area contributed by atoms with Gasteiger partial charge in [0.2, 0.25) is 17.7 Å². The van der Waals surface area contributed by atoms with Gasteiger partial charge in [-0.05, 0) is 69.3 Å². The van der Waals surface area contributed by atoms with Gasteiger partial charge in [-0.2, -0.15) is 0 Å². The Labute approximate surface area is 318 Å². The number of amides is 5. The number of nitrogens with one attached hydrogen (secondary N) is 4. The van der Waals surface area contributed by atoms with Gasteiger partial charge in [-0.3, -0.25) is 33.8 Å². The van der Waals surface area contributed by atoms with Crippen LogP contribution in [0.4, 0.5) is 0 Å². The first-order chi connectivity index (χ1) is 25.7. The second-order valence-electron chi connectivity index (χ2n) is 15.0. The van der Waals surface area contributed by atoms with Crippen LogP contribution in [0.1, 0.15) is 58.6 Å². The van der Waals surface area contributed by atoms with E-state index in [1.54, 1.807) is 6.92 Å². The SMILES string of the molecule is COC1=CC(=O)N(C(=O)/C=C/[C@H](C)NC(=O)[C@H](CCc2ccccc2)NC(=O)[C@H](CC(C)C)NC(=O)[C@H](C(C)C)N(C)C)[C@H]1Cc1c[nH]c2ccccc12. The van der Waals surface area contributed by atoms with Gasteiger partial charge in [-0.25, -0.2) is 0 Å². The minimum atomic E-state index is -0.931. The first-order valence-electron chi connectivity index (χ1n) is 18.7. The number of aromatic nitrogens is 1. The number of carbonyl (C=O) groups excluding carboxylic acids is 5. The third kappa shape index (κ3) is 10.9. The second kappa shape index (κ2) is 19.2. The first-order valence-corrected chi connectivity index (χ1v) is 18.7. The van der Waals surface area contributed by atoms with E-state index in [9.17, 15) is 24.0 Å². The zero-order chi connectivity index (χ0) is 39.5. The molecule has 0 bridgehead atoms. The molecule has 0 fully saturated rings. The molecule has 0 spiro atoms. The molecule has 5 amide bonds. The first kappa shape index (κ1) is 41.5. The highest BCUT2D eigenvalue weighted by Gasteiger charge is 2.38. The molecule has 2 heterocycles. The largest absolute Gasteiger partial charge is 0.499 e. The van der Waals surface area contributed by atoms with E-state index in [0.717, 1.165) is 26.9 Å². The summed E-state index contributed by atoms with van der Waals surface area (Å²) < 4.78 is 5.51. The van der Waals surface area contributed by atoms with Gasteiger partial charge in [0.1, 0.15) is 23.9 Å². The van der Waals surface area contributed by atoms with Crippen LogP contribution >= 0.6 is 0 Å². The van der Waals surface area contributed by atoms with Crippen molar-refractivity contribution in [2.75, 3.05) is 21.2 Å². The number of aromatic amines is 1. The number of aryl methyl sites for hydroxylation is 1. The van der Waals surface area contributed by atoms with Gasteiger partial charge < -0.3 is 25.7 Å². The van der Waals surface area contributed by atoms with Crippen molar-refractivity contribution in [2.45, 2.75) is 90.5 Å². The monoisotopic (exact) mass is 740 g/mol. The normalized spacial score (nSPS) is 16.8. The average molecular weight is 741 g/mol. The van der Waals surface area contributed by atoms with Gasteiger partial charge >= 0.3 is 0 Å². The van der Waals surface area contributed by atoms with Crippen LogP contribution in [0.5, 0.6) is 0 Å². The molecule has 12 nitrogen and oxygen atoms in total. The molecular weight excluding hydrogens is 684 g/mol. The van der Waals surface area contributed by atoms with Gasteiger partial charge in [0.15, 0.2) is 0 Å². The van der Waals surface area contributed by atoms with Crippen molar-refractivity contribution in [1.29, 1.82) is 0 Å². The lowest BCUT2D eigenvalue weighted by Crippen LogP contribution is -2.57. The van der Waals surface area contributed by atoms with Gasteiger partial charge in [0.05, 0.1) is 13.2 Å². The third-order valence-electron chi connectivity index (χ3n) is 9.60. The van der Waals surface area contributed by atoms with E-state index in [1.165, 1.54) is 25.3 Å². The molecule has 290 valence electrons. The van der Waals surface area contributed by atoms with Crippen molar-refractivity contribution < 1.29 is 28.7 Å². The molecule has 5 atom stereocenters. The van der Waals surface area contributed by atoms with Crippen molar-refractivity contribution in [1.82, 2.24) is 30.7 Å². The van der Waals surface area contributed by atoms with Crippen LogP contribution < -0.4 is 16.0 Å². The Bertz CT molecular complexity index is 1820. The maximum Gasteiger partial charge on any atom is 0.257 e. The predicted molar refractivity (Wildman–Crippen MR) is 210 cm³/mol. The zero-order valence-corrected chi connectivity index (χ0v) is 32.7. The fraction of sp³-hybridized carbons (Fsp3) is 0.452. The molecular formula is C42H56N6O6. The molecule has 4 rings (SSSR count). The van der Waals surface area contributed by atoms with Crippen LogP contribution in [-0.4, -0.2) is 95.7 Å². The Morgan fingerprint density at radius 2 is 1.54 bits per heavy atom. The fourth-order valence-electron chi connectivity index (χ4n) is 7.00. The Morgan fingerprint density at radius 1 is 0.889 bits per heavy atom. The summed E-state index contributed by atoms with van der Waals surface area (Å²) in [5.74, 6) is -1.67. The molecule has 0 saturated carbocycles. The lowest BCUT2D eigenvalue weighted by molar-refractivity contribution is -0.139. The lowest BCUT2D eigenvalue weighted by atomic mass is 9.98. The van der Waals surface area contributed by atoms with E-state index >= 15 is 0 Å². The minimum absolute atomic E-state index is 0.0147. The number of hydrogen-bond acceptors (Lipinski definition) is 7. The van der Waals surface area contributed by atoms with E-state index in [0.29, 0.717) is 31.4 Å². The van der Waals surface area contributed by atoms with Crippen molar-refractivity contribution in [2.24, 2.45) is 11.8 Å². The number of imide groups is 1. The molecule has 1 aliphatic heterocycles. The topological polar surface area (TPSA) is 153 Å². The van der Waals surface area contributed by atoms with Crippen LogP contribution in [0.2, 0.25) is 0 Å². The van der Waals surface area contributed by atoms with E-state index < -0.39 is 53.8 Å². The van der Waals surface area contributed by atoms with Crippen LogP contribution in [0, 0.1) is 11.8 Å². The van der Waals surface area contributed by atoms with Crippen LogP contribution in [0.25, 0.3) is 10.9 Å². The highest BCUT2D eigenvalue weighted by Crippen LogP contribution is 2.28. The number of ether oxygens (including phenoxy) is 1. The van der Waals surface area contributed by atoms with E-state index in [4.69, 9.17) is 4.74 Å². The fourth-order valence-corrected chi connectivity index (χ4v) is 7.00. The van der Waals surface area contributed by atoms with Crippen LogP contribution in [-0.2, 0) is 41.6 Å². The highest BCUT2D eigenvalue weighted by molar-refractivity contribution is 6.08. The second-order valence-corrected chi connectivity index (χ2v) is 15.0. The summed E-state index contributed by atoms with van der Waals surface area (Å²) in [4.78, 5) is 73.8. The van der Waals surface area contributed by atoms with Crippen molar-refractivity contribution >= 4 is 40.4 Å².